The predicted molar refractivity (Wildman–Crippen MR) is 43.1 cm³/mol. The summed E-state index contributed by atoms with van der Waals surface area (Å²) in [6.07, 6.45) is -2.75. The van der Waals surface area contributed by atoms with Crippen LogP contribution in [0.5, 0.6) is 0 Å². The number of nitrogens with zero attached hydrogens (tertiary/aromatic N) is 1. The Balaban J connectivity index is 3.25. The maximum absolute atomic E-state index is 12.7. The summed E-state index contributed by atoms with van der Waals surface area (Å²) in [7, 11) is 0. The van der Waals surface area contributed by atoms with Gasteiger partial charge in [-0.25, -0.2) is 13.8 Å². The van der Waals surface area contributed by atoms with E-state index in [1.54, 1.807) is 0 Å². The lowest BCUT2D eigenvalue weighted by Gasteiger charge is -2.06. The predicted octanol–water partition coefficient (Wildman–Crippen LogP) is 2.48. The van der Waals surface area contributed by atoms with Crippen LogP contribution in [0.2, 0.25) is 0 Å². The molecule has 0 bridgehead atoms. The molecule has 6 heteroatoms. The second-order valence-corrected chi connectivity index (χ2v) is 2.61. The molecule has 1 rings (SSSR count). The minimum Gasteiger partial charge on any atom is -0.395 e. The van der Waals surface area contributed by atoms with Crippen molar-refractivity contribution in [3.8, 4) is 0 Å². The Labute approximate surface area is 77.5 Å². The fraction of sp³-hybridized carbons (Fsp3) is 0.286. The van der Waals surface area contributed by atoms with Crippen LogP contribution in [0.25, 0.3) is 0 Å². The topological polar surface area (TPSA) is 38.9 Å². The van der Waals surface area contributed by atoms with Crippen LogP contribution in [0.15, 0.2) is 6.07 Å². The lowest BCUT2D eigenvalue weighted by molar-refractivity contribution is 0.150. The van der Waals surface area contributed by atoms with E-state index >= 15 is 0 Å². The molecule has 0 aromatic carbocycles. The lowest BCUT2D eigenvalue weighted by atomic mass is 10.2. The molecule has 1 aromatic rings. The third-order valence-corrected chi connectivity index (χ3v) is 1.73. The van der Waals surface area contributed by atoms with Gasteiger partial charge in [0.05, 0.1) is 17.3 Å². The first-order chi connectivity index (χ1) is 6.06. The van der Waals surface area contributed by atoms with Gasteiger partial charge < -0.3 is 5.73 Å². The van der Waals surface area contributed by atoms with Crippen molar-refractivity contribution in [1.29, 1.82) is 0 Å². The van der Waals surface area contributed by atoms with Crippen LogP contribution in [0.3, 0.4) is 0 Å². The highest BCUT2D eigenvalue weighted by Gasteiger charge is 2.16. The highest BCUT2D eigenvalue weighted by atomic mass is 35.5. The number of hydrogen-bond donors (Lipinski definition) is 1. The Morgan fingerprint density at radius 2 is 2.15 bits per heavy atom. The average Bonchev–Trinajstić information content (AvgIpc) is 2.08. The van der Waals surface area contributed by atoms with Gasteiger partial charge in [0, 0.05) is 5.56 Å². The molecule has 0 amide bonds. The van der Waals surface area contributed by atoms with Gasteiger partial charge in [0.15, 0.2) is 0 Å². The van der Waals surface area contributed by atoms with E-state index in [2.05, 4.69) is 4.98 Å². The van der Waals surface area contributed by atoms with Gasteiger partial charge in [-0.05, 0) is 6.07 Å². The number of halogens is 4. The van der Waals surface area contributed by atoms with Crippen LogP contribution in [-0.4, -0.2) is 4.98 Å². The first kappa shape index (κ1) is 10.1. The largest absolute Gasteiger partial charge is 0.395 e. The maximum Gasteiger partial charge on any atom is 0.265 e. The summed E-state index contributed by atoms with van der Waals surface area (Å²) in [5.74, 6) is -1.24. The Bertz CT molecular complexity index is 317. The molecule has 0 atom stereocenters. The van der Waals surface area contributed by atoms with E-state index in [-0.39, 0.29) is 11.6 Å². The van der Waals surface area contributed by atoms with Crippen molar-refractivity contribution in [2.75, 3.05) is 5.73 Å². The highest BCUT2D eigenvalue weighted by Crippen LogP contribution is 2.25. The molecule has 2 N–H and O–H groups in total. The minimum absolute atomic E-state index is 0.177. The Morgan fingerprint density at radius 1 is 1.54 bits per heavy atom. The van der Waals surface area contributed by atoms with E-state index < -0.39 is 23.6 Å². The summed E-state index contributed by atoms with van der Waals surface area (Å²) < 4.78 is 37.2. The van der Waals surface area contributed by atoms with Crippen molar-refractivity contribution >= 4 is 17.3 Å². The first-order valence-electron chi connectivity index (χ1n) is 3.35. The second-order valence-electron chi connectivity index (χ2n) is 2.34. The normalized spacial score (nSPS) is 10.8. The van der Waals surface area contributed by atoms with Gasteiger partial charge in [-0.2, -0.15) is 4.39 Å². The summed E-state index contributed by atoms with van der Waals surface area (Å²) in [5.41, 5.74) is 4.07. The molecule has 1 aromatic heterocycles. The zero-order valence-corrected chi connectivity index (χ0v) is 7.15. The smallest absolute Gasteiger partial charge is 0.265 e. The van der Waals surface area contributed by atoms with Crippen molar-refractivity contribution in [1.82, 2.24) is 4.98 Å². The molecule has 0 saturated heterocycles. The number of aromatic nitrogens is 1. The molecule has 0 aliphatic carbocycles. The van der Waals surface area contributed by atoms with Gasteiger partial charge in [0.1, 0.15) is 0 Å². The average molecular weight is 211 g/mol. The molecule has 0 aliphatic rings. The number of rotatable bonds is 2. The first-order valence-corrected chi connectivity index (χ1v) is 3.88. The Morgan fingerprint density at radius 3 is 2.62 bits per heavy atom. The van der Waals surface area contributed by atoms with E-state index in [4.69, 9.17) is 17.3 Å². The van der Waals surface area contributed by atoms with Crippen molar-refractivity contribution in [3.05, 3.63) is 23.3 Å². The molecular formula is C7H6ClF3N2. The van der Waals surface area contributed by atoms with Crippen LogP contribution in [-0.2, 0) is 5.88 Å². The number of alkyl halides is 3. The summed E-state index contributed by atoms with van der Waals surface area (Å²) in [4.78, 5) is 3.21. The third-order valence-electron chi connectivity index (χ3n) is 1.48. The van der Waals surface area contributed by atoms with Gasteiger partial charge in [-0.3, -0.25) is 0 Å². The minimum atomic E-state index is -2.75. The number of pyridine rings is 1. The third kappa shape index (κ3) is 2.03. The summed E-state index contributed by atoms with van der Waals surface area (Å²) in [5, 5.41) is 0. The molecule has 0 aliphatic heterocycles. The number of nitrogens with two attached hydrogens (primary N) is 1. The molecular weight excluding hydrogens is 205 g/mol. The van der Waals surface area contributed by atoms with E-state index in [1.165, 1.54) is 0 Å². The Kier molecular flexibility index (Phi) is 2.98. The molecule has 0 spiro atoms. The fourth-order valence-electron chi connectivity index (χ4n) is 0.854. The van der Waals surface area contributed by atoms with Crippen LogP contribution in [0, 0.1) is 5.95 Å². The van der Waals surface area contributed by atoms with Gasteiger partial charge >= 0.3 is 0 Å². The summed E-state index contributed by atoms with van der Waals surface area (Å²) in [6.45, 7) is 0. The van der Waals surface area contributed by atoms with Crippen molar-refractivity contribution in [3.63, 3.8) is 0 Å². The van der Waals surface area contributed by atoms with Gasteiger partial charge in [-0.1, -0.05) is 0 Å². The number of anilines is 1. The lowest BCUT2D eigenvalue weighted by Crippen LogP contribution is -2.03. The molecule has 1 heterocycles. The second kappa shape index (κ2) is 3.83. The van der Waals surface area contributed by atoms with Gasteiger partial charge in [0.2, 0.25) is 5.95 Å². The van der Waals surface area contributed by atoms with Crippen LogP contribution >= 0.6 is 11.6 Å². The van der Waals surface area contributed by atoms with E-state index in [1.807, 2.05) is 0 Å². The summed E-state index contributed by atoms with van der Waals surface area (Å²) in [6, 6.07) is 0.852. The number of hydrogen-bond acceptors (Lipinski definition) is 2. The Hall–Kier alpha value is -0.970. The van der Waals surface area contributed by atoms with Crippen molar-refractivity contribution in [2.24, 2.45) is 0 Å². The molecule has 72 valence electrons. The van der Waals surface area contributed by atoms with E-state index in [9.17, 15) is 13.2 Å². The monoisotopic (exact) mass is 210 g/mol. The molecule has 0 fully saturated rings. The van der Waals surface area contributed by atoms with E-state index in [0.717, 1.165) is 6.07 Å². The van der Waals surface area contributed by atoms with Crippen molar-refractivity contribution < 1.29 is 13.2 Å². The van der Waals surface area contributed by atoms with Crippen molar-refractivity contribution in [2.45, 2.75) is 12.3 Å². The zero-order valence-electron chi connectivity index (χ0n) is 6.40. The van der Waals surface area contributed by atoms with Crippen LogP contribution in [0.4, 0.5) is 18.9 Å². The number of nitrogen functional groups attached to an aromatic ring is 1. The fourth-order valence-corrected chi connectivity index (χ4v) is 1.07. The zero-order chi connectivity index (χ0) is 10.0. The van der Waals surface area contributed by atoms with Gasteiger partial charge in [0.25, 0.3) is 6.43 Å². The molecule has 0 radical (unpaired) electrons. The van der Waals surface area contributed by atoms with Gasteiger partial charge in [-0.15, -0.1) is 11.6 Å². The SMILES string of the molecule is Nc1cc(C(F)F)c(CCl)nc1F. The quantitative estimate of drug-likeness (QED) is 0.602. The standard InChI is InChI=1S/C7H6ClF3N2/c8-2-5-3(6(9)10)1-4(12)7(11)13-5/h1,6H,2,12H2. The molecule has 0 unspecified atom stereocenters. The van der Waals surface area contributed by atoms with E-state index in [0.29, 0.717) is 0 Å². The molecule has 0 saturated carbocycles. The summed E-state index contributed by atoms with van der Waals surface area (Å²) >= 11 is 5.30. The van der Waals surface area contributed by atoms with Crippen LogP contribution in [0.1, 0.15) is 17.7 Å². The molecule has 13 heavy (non-hydrogen) atoms. The van der Waals surface area contributed by atoms with Crippen LogP contribution < -0.4 is 5.73 Å². The highest BCUT2D eigenvalue weighted by molar-refractivity contribution is 6.17. The molecule has 2 nitrogen and oxygen atoms in total. The maximum atomic E-state index is 12.7.